The lowest BCUT2D eigenvalue weighted by molar-refractivity contribution is -0.0286. The van der Waals surface area contributed by atoms with Crippen LogP contribution < -0.4 is 0 Å². The van der Waals surface area contributed by atoms with Gasteiger partial charge in [0.15, 0.2) is 0 Å². The first-order valence-corrected chi connectivity index (χ1v) is 5.39. The standard InChI is InChI=1S/C12H13N3O/c1-9-3-2-4-12(14-9)10-5-13-15(6-10)11-7-16-8-11/h2-6,11H,7-8H2,1H3. The first kappa shape index (κ1) is 9.54. The molecule has 1 aliphatic heterocycles. The largest absolute Gasteiger partial charge is 0.377 e. The van der Waals surface area contributed by atoms with Crippen molar-refractivity contribution in [3.8, 4) is 11.3 Å². The third kappa shape index (κ3) is 1.61. The summed E-state index contributed by atoms with van der Waals surface area (Å²) < 4.78 is 7.11. The molecule has 4 nitrogen and oxygen atoms in total. The number of rotatable bonds is 2. The maximum Gasteiger partial charge on any atom is 0.0985 e. The van der Waals surface area contributed by atoms with E-state index in [0.717, 1.165) is 30.2 Å². The summed E-state index contributed by atoms with van der Waals surface area (Å²) in [5.74, 6) is 0. The number of pyridine rings is 1. The van der Waals surface area contributed by atoms with Gasteiger partial charge in [-0.05, 0) is 19.1 Å². The van der Waals surface area contributed by atoms with Crippen LogP contribution in [0.4, 0.5) is 0 Å². The molecule has 0 spiro atoms. The summed E-state index contributed by atoms with van der Waals surface area (Å²) in [6, 6.07) is 6.42. The second-order valence-electron chi connectivity index (χ2n) is 4.06. The first-order chi connectivity index (χ1) is 7.83. The van der Waals surface area contributed by atoms with Crippen LogP contribution in [0.5, 0.6) is 0 Å². The molecule has 0 amide bonds. The average Bonchev–Trinajstić information content (AvgIpc) is 2.64. The van der Waals surface area contributed by atoms with Gasteiger partial charge in [0.1, 0.15) is 0 Å². The minimum Gasteiger partial charge on any atom is -0.377 e. The number of hydrogen-bond donors (Lipinski definition) is 0. The van der Waals surface area contributed by atoms with Crippen LogP contribution in [0, 0.1) is 6.92 Å². The maximum atomic E-state index is 5.15. The topological polar surface area (TPSA) is 39.9 Å². The molecule has 2 aromatic rings. The molecular formula is C12H13N3O. The number of aryl methyl sites for hydroxylation is 1. The second-order valence-corrected chi connectivity index (χ2v) is 4.06. The summed E-state index contributed by atoms with van der Waals surface area (Å²) >= 11 is 0. The summed E-state index contributed by atoms with van der Waals surface area (Å²) in [7, 11) is 0. The molecule has 1 aliphatic rings. The Balaban J connectivity index is 1.91. The van der Waals surface area contributed by atoms with E-state index in [0.29, 0.717) is 6.04 Å². The normalized spacial score (nSPS) is 16.1. The van der Waals surface area contributed by atoms with Crippen LogP contribution in [0.15, 0.2) is 30.6 Å². The van der Waals surface area contributed by atoms with E-state index in [-0.39, 0.29) is 0 Å². The lowest BCUT2D eigenvalue weighted by atomic mass is 10.2. The summed E-state index contributed by atoms with van der Waals surface area (Å²) in [5, 5.41) is 4.34. The SMILES string of the molecule is Cc1cccc(-c2cnn(C3COC3)c2)n1. The molecule has 0 saturated carbocycles. The Morgan fingerprint density at radius 1 is 1.38 bits per heavy atom. The third-order valence-corrected chi connectivity index (χ3v) is 2.78. The number of aromatic nitrogens is 3. The highest BCUT2D eigenvalue weighted by Gasteiger charge is 2.21. The Kier molecular flexibility index (Phi) is 2.22. The zero-order valence-electron chi connectivity index (χ0n) is 9.13. The van der Waals surface area contributed by atoms with E-state index in [4.69, 9.17) is 4.74 Å². The zero-order valence-corrected chi connectivity index (χ0v) is 9.13. The predicted octanol–water partition coefficient (Wildman–Crippen LogP) is 1.82. The van der Waals surface area contributed by atoms with Crippen LogP contribution in [0.2, 0.25) is 0 Å². The van der Waals surface area contributed by atoms with Gasteiger partial charge >= 0.3 is 0 Å². The summed E-state index contributed by atoms with van der Waals surface area (Å²) in [6.07, 6.45) is 3.90. The number of nitrogens with zero attached hydrogens (tertiary/aromatic N) is 3. The van der Waals surface area contributed by atoms with Gasteiger partial charge in [-0.1, -0.05) is 6.07 Å². The van der Waals surface area contributed by atoms with Crippen molar-refractivity contribution in [3.05, 3.63) is 36.3 Å². The molecule has 3 rings (SSSR count). The monoisotopic (exact) mass is 215 g/mol. The fourth-order valence-corrected chi connectivity index (χ4v) is 1.75. The van der Waals surface area contributed by atoms with Gasteiger partial charge < -0.3 is 4.74 Å². The van der Waals surface area contributed by atoms with Gasteiger partial charge in [0.2, 0.25) is 0 Å². The molecule has 1 saturated heterocycles. The molecule has 0 aromatic carbocycles. The lowest BCUT2D eigenvalue weighted by Gasteiger charge is -2.25. The van der Waals surface area contributed by atoms with E-state index in [1.54, 1.807) is 0 Å². The van der Waals surface area contributed by atoms with Gasteiger partial charge in [0.05, 0.1) is 31.1 Å². The molecule has 0 aliphatic carbocycles. The van der Waals surface area contributed by atoms with E-state index in [2.05, 4.69) is 10.1 Å². The molecule has 16 heavy (non-hydrogen) atoms. The van der Waals surface area contributed by atoms with Crippen LogP contribution in [0.3, 0.4) is 0 Å². The Hall–Kier alpha value is -1.68. The Morgan fingerprint density at radius 3 is 2.94 bits per heavy atom. The van der Waals surface area contributed by atoms with E-state index in [1.165, 1.54) is 0 Å². The average molecular weight is 215 g/mol. The molecule has 1 fully saturated rings. The molecule has 3 heterocycles. The fourth-order valence-electron chi connectivity index (χ4n) is 1.75. The van der Waals surface area contributed by atoms with Crippen LogP contribution >= 0.6 is 0 Å². The molecule has 0 N–H and O–H groups in total. The Bertz CT molecular complexity index is 502. The van der Waals surface area contributed by atoms with Crippen molar-refractivity contribution < 1.29 is 4.74 Å². The van der Waals surface area contributed by atoms with Gasteiger partial charge in [0, 0.05) is 17.5 Å². The van der Waals surface area contributed by atoms with Crippen molar-refractivity contribution in [1.82, 2.24) is 14.8 Å². The van der Waals surface area contributed by atoms with Crippen molar-refractivity contribution in [2.45, 2.75) is 13.0 Å². The molecular weight excluding hydrogens is 202 g/mol. The van der Waals surface area contributed by atoms with Crippen molar-refractivity contribution in [2.75, 3.05) is 13.2 Å². The van der Waals surface area contributed by atoms with E-state index >= 15 is 0 Å². The minimum atomic E-state index is 0.401. The van der Waals surface area contributed by atoms with E-state index in [1.807, 2.05) is 42.2 Å². The van der Waals surface area contributed by atoms with Gasteiger partial charge in [-0.15, -0.1) is 0 Å². The van der Waals surface area contributed by atoms with E-state index < -0.39 is 0 Å². The summed E-state index contributed by atoms with van der Waals surface area (Å²) in [6.45, 7) is 3.53. The number of ether oxygens (including phenoxy) is 1. The van der Waals surface area contributed by atoms with Crippen molar-refractivity contribution in [3.63, 3.8) is 0 Å². The van der Waals surface area contributed by atoms with Gasteiger partial charge in [-0.25, -0.2) is 0 Å². The molecule has 82 valence electrons. The highest BCUT2D eigenvalue weighted by molar-refractivity contribution is 5.56. The quantitative estimate of drug-likeness (QED) is 0.767. The van der Waals surface area contributed by atoms with Gasteiger partial charge in [0.25, 0.3) is 0 Å². The van der Waals surface area contributed by atoms with Crippen LogP contribution in [-0.2, 0) is 4.74 Å². The zero-order chi connectivity index (χ0) is 11.0. The highest BCUT2D eigenvalue weighted by Crippen LogP contribution is 2.21. The predicted molar refractivity (Wildman–Crippen MR) is 60.1 cm³/mol. The third-order valence-electron chi connectivity index (χ3n) is 2.78. The van der Waals surface area contributed by atoms with Crippen molar-refractivity contribution in [2.24, 2.45) is 0 Å². The van der Waals surface area contributed by atoms with Gasteiger partial charge in [-0.2, -0.15) is 5.10 Å². The van der Waals surface area contributed by atoms with Crippen molar-refractivity contribution >= 4 is 0 Å². The molecule has 0 atom stereocenters. The molecule has 0 unspecified atom stereocenters. The Labute approximate surface area is 93.9 Å². The number of hydrogen-bond acceptors (Lipinski definition) is 3. The molecule has 0 radical (unpaired) electrons. The van der Waals surface area contributed by atoms with Gasteiger partial charge in [-0.3, -0.25) is 9.67 Å². The smallest absolute Gasteiger partial charge is 0.0985 e. The molecule has 2 aromatic heterocycles. The molecule has 0 bridgehead atoms. The van der Waals surface area contributed by atoms with Crippen molar-refractivity contribution in [1.29, 1.82) is 0 Å². The second kappa shape index (κ2) is 3.72. The minimum absolute atomic E-state index is 0.401. The molecule has 4 heteroatoms. The summed E-state index contributed by atoms with van der Waals surface area (Å²) in [5.41, 5.74) is 3.07. The first-order valence-electron chi connectivity index (χ1n) is 5.39. The maximum absolute atomic E-state index is 5.15. The highest BCUT2D eigenvalue weighted by atomic mass is 16.5. The lowest BCUT2D eigenvalue weighted by Crippen LogP contribution is -2.30. The van der Waals surface area contributed by atoms with Crippen LogP contribution in [-0.4, -0.2) is 28.0 Å². The summed E-state index contributed by atoms with van der Waals surface area (Å²) in [4.78, 5) is 4.48. The van der Waals surface area contributed by atoms with Crippen LogP contribution in [0.1, 0.15) is 11.7 Å². The fraction of sp³-hybridized carbons (Fsp3) is 0.333. The van der Waals surface area contributed by atoms with Crippen LogP contribution in [0.25, 0.3) is 11.3 Å². The Morgan fingerprint density at radius 2 is 2.25 bits per heavy atom. The van der Waals surface area contributed by atoms with E-state index in [9.17, 15) is 0 Å².